The number of furan rings is 1. The van der Waals surface area contributed by atoms with Crippen LogP contribution in [0.25, 0.3) is 5.57 Å². The molecule has 1 unspecified atom stereocenters. The van der Waals surface area contributed by atoms with Gasteiger partial charge in [0.25, 0.3) is 0 Å². The molecule has 0 saturated heterocycles. The number of hydrogen-bond donors (Lipinski definition) is 1. The van der Waals surface area contributed by atoms with Crippen molar-refractivity contribution in [2.24, 2.45) is 5.10 Å². The zero-order valence-corrected chi connectivity index (χ0v) is 17.1. The van der Waals surface area contributed by atoms with Crippen LogP contribution in [-0.2, 0) is 0 Å². The van der Waals surface area contributed by atoms with Crippen molar-refractivity contribution in [3.63, 3.8) is 0 Å². The Morgan fingerprint density at radius 2 is 2.03 bits per heavy atom. The van der Waals surface area contributed by atoms with E-state index in [1.807, 2.05) is 12.1 Å². The molecule has 0 radical (unpaired) electrons. The number of rotatable bonds is 4. The van der Waals surface area contributed by atoms with E-state index in [1.165, 1.54) is 11.1 Å². The highest BCUT2D eigenvalue weighted by Gasteiger charge is 2.36. The number of phenolic OH excluding ortho intramolecular Hbond substituents is 1. The number of benzene rings is 1. The number of hydrogen-bond acceptors (Lipinski definition) is 5. The highest BCUT2D eigenvalue weighted by atomic mass is 19.1. The third kappa shape index (κ3) is 3.62. The first-order valence-electron chi connectivity index (χ1n) is 10.4. The lowest BCUT2D eigenvalue weighted by atomic mass is 9.98. The molecule has 1 amide bonds. The van der Waals surface area contributed by atoms with Crippen molar-refractivity contribution in [1.29, 1.82) is 0 Å². The minimum absolute atomic E-state index is 0.0517. The van der Waals surface area contributed by atoms with Crippen LogP contribution in [0.3, 0.4) is 0 Å². The zero-order chi connectivity index (χ0) is 22.1. The standard InChI is InChI=1S/C25H20FN3O3/c26-19-9-3-1-7-17(19)23-11-12-24(32-23)25(31)29-21(18-8-2-4-10-22(18)30)14-20(28-29)16-6-5-13-27-15-16/h1-2,4-8,10-13,15,21,30H,3,9,14H2. The molecule has 2 aliphatic rings. The molecule has 0 fully saturated rings. The summed E-state index contributed by atoms with van der Waals surface area (Å²) in [4.78, 5) is 17.5. The molecule has 1 aliphatic carbocycles. The van der Waals surface area contributed by atoms with Crippen LogP contribution in [-0.4, -0.2) is 26.7 Å². The van der Waals surface area contributed by atoms with Crippen molar-refractivity contribution < 1.29 is 18.7 Å². The van der Waals surface area contributed by atoms with Crippen LogP contribution >= 0.6 is 0 Å². The Morgan fingerprint density at radius 3 is 2.81 bits per heavy atom. The number of amides is 1. The van der Waals surface area contributed by atoms with Gasteiger partial charge in [-0.25, -0.2) is 9.40 Å². The molecule has 160 valence electrons. The minimum Gasteiger partial charge on any atom is -0.508 e. The maximum absolute atomic E-state index is 14.2. The molecular formula is C25H20FN3O3. The molecule has 3 heterocycles. The van der Waals surface area contributed by atoms with E-state index < -0.39 is 11.9 Å². The second-order valence-corrected chi connectivity index (χ2v) is 7.64. The summed E-state index contributed by atoms with van der Waals surface area (Å²) in [7, 11) is 0. The van der Waals surface area contributed by atoms with Crippen molar-refractivity contribution in [3.05, 3.63) is 102 Å². The summed E-state index contributed by atoms with van der Waals surface area (Å²) >= 11 is 0. The highest BCUT2D eigenvalue weighted by Crippen LogP contribution is 2.38. The lowest BCUT2D eigenvalue weighted by Gasteiger charge is -2.21. The third-order valence-corrected chi connectivity index (χ3v) is 5.60. The van der Waals surface area contributed by atoms with Gasteiger partial charge in [0.05, 0.1) is 11.8 Å². The Kier molecular flexibility index (Phi) is 5.15. The number of hydrazone groups is 1. The van der Waals surface area contributed by atoms with Gasteiger partial charge in [0.1, 0.15) is 17.3 Å². The Labute approximate surface area is 184 Å². The predicted octanol–water partition coefficient (Wildman–Crippen LogP) is 5.40. The van der Waals surface area contributed by atoms with Crippen LogP contribution < -0.4 is 0 Å². The number of para-hydroxylation sites is 1. The maximum Gasteiger partial charge on any atom is 0.310 e. The number of carbonyl (C=O) groups excluding carboxylic acids is 1. The van der Waals surface area contributed by atoms with E-state index in [9.17, 15) is 14.3 Å². The van der Waals surface area contributed by atoms with Crippen LogP contribution in [0.5, 0.6) is 5.75 Å². The fraction of sp³-hybridized carbons (Fsp3) is 0.160. The summed E-state index contributed by atoms with van der Waals surface area (Å²) in [6, 6.07) is 13.1. The number of phenols is 1. The fourth-order valence-electron chi connectivity index (χ4n) is 3.98. The van der Waals surface area contributed by atoms with Gasteiger partial charge in [-0.15, -0.1) is 0 Å². The number of aromatic nitrogens is 1. The van der Waals surface area contributed by atoms with Gasteiger partial charge in [-0.3, -0.25) is 9.78 Å². The fourth-order valence-corrected chi connectivity index (χ4v) is 3.98. The van der Waals surface area contributed by atoms with E-state index >= 15 is 0 Å². The van der Waals surface area contributed by atoms with Crippen LogP contribution in [0.2, 0.25) is 0 Å². The van der Waals surface area contributed by atoms with Crippen molar-refractivity contribution in [2.45, 2.75) is 25.3 Å². The van der Waals surface area contributed by atoms with Gasteiger partial charge in [-0.1, -0.05) is 36.4 Å². The molecule has 1 aliphatic heterocycles. The number of pyridine rings is 1. The van der Waals surface area contributed by atoms with Crippen LogP contribution in [0, 0.1) is 0 Å². The molecule has 3 aromatic rings. The van der Waals surface area contributed by atoms with Gasteiger partial charge in [0.15, 0.2) is 5.76 Å². The summed E-state index contributed by atoms with van der Waals surface area (Å²) in [6.07, 6.45) is 8.27. The molecule has 1 aromatic carbocycles. The Balaban J connectivity index is 1.51. The van der Waals surface area contributed by atoms with E-state index in [-0.39, 0.29) is 17.3 Å². The molecule has 1 atom stereocenters. The summed E-state index contributed by atoms with van der Waals surface area (Å²) < 4.78 is 20.0. The second-order valence-electron chi connectivity index (χ2n) is 7.64. The van der Waals surface area contributed by atoms with Gasteiger partial charge in [-0.2, -0.15) is 5.10 Å². The average molecular weight is 429 g/mol. The molecule has 32 heavy (non-hydrogen) atoms. The molecular weight excluding hydrogens is 409 g/mol. The second kappa shape index (κ2) is 8.26. The Morgan fingerprint density at radius 1 is 1.16 bits per heavy atom. The normalized spacial score (nSPS) is 18.2. The van der Waals surface area contributed by atoms with Gasteiger partial charge in [0.2, 0.25) is 0 Å². The largest absolute Gasteiger partial charge is 0.508 e. The van der Waals surface area contributed by atoms with E-state index in [0.29, 0.717) is 41.9 Å². The molecule has 2 aromatic heterocycles. The summed E-state index contributed by atoms with van der Waals surface area (Å²) in [5, 5.41) is 16.3. The van der Waals surface area contributed by atoms with Crippen molar-refractivity contribution in [2.75, 3.05) is 0 Å². The Hall–Kier alpha value is -4.00. The van der Waals surface area contributed by atoms with Crippen molar-refractivity contribution in [1.82, 2.24) is 9.99 Å². The minimum atomic E-state index is -0.516. The number of halogens is 1. The molecule has 0 saturated carbocycles. The molecule has 0 bridgehead atoms. The maximum atomic E-state index is 14.2. The summed E-state index contributed by atoms with van der Waals surface area (Å²) in [5.41, 5.74) is 2.41. The lowest BCUT2D eigenvalue weighted by molar-refractivity contribution is 0.0676. The zero-order valence-electron chi connectivity index (χ0n) is 17.1. The van der Waals surface area contributed by atoms with Crippen molar-refractivity contribution in [3.8, 4) is 5.75 Å². The van der Waals surface area contributed by atoms with Gasteiger partial charge < -0.3 is 9.52 Å². The molecule has 0 spiro atoms. The van der Waals surface area contributed by atoms with Gasteiger partial charge >= 0.3 is 5.91 Å². The van der Waals surface area contributed by atoms with E-state index in [0.717, 1.165) is 5.56 Å². The SMILES string of the molecule is O=C(c1ccc(C2=C(F)CCC=C2)o1)N1N=C(c2cccnc2)CC1c1ccccc1O. The van der Waals surface area contributed by atoms with Crippen LogP contribution in [0.15, 0.2) is 88.4 Å². The number of carbonyl (C=O) groups is 1. The van der Waals surface area contributed by atoms with Crippen molar-refractivity contribution >= 4 is 17.2 Å². The van der Waals surface area contributed by atoms with E-state index in [1.54, 1.807) is 54.9 Å². The summed E-state index contributed by atoms with van der Waals surface area (Å²) in [6.45, 7) is 0. The summed E-state index contributed by atoms with van der Waals surface area (Å²) in [5.74, 6) is -0.291. The lowest BCUT2D eigenvalue weighted by Crippen LogP contribution is -2.26. The third-order valence-electron chi connectivity index (χ3n) is 5.60. The molecule has 5 rings (SSSR count). The van der Waals surface area contributed by atoms with E-state index in [2.05, 4.69) is 10.1 Å². The van der Waals surface area contributed by atoms with Crippen LogP contribution in [0.4, 0.5) is 4.39 Å². The number of aromatic hydroxyl groups is 1. The van der Waals surface area contributed by atoms with Gasteiger partial charge in [0, 0.05) is 41.9 Å². The monoisotopic (exact) mass is 429 g/mol. The first-order valence-corrected chi connectivity index (χ1v) is 10.4. The highest BCUT2D eigenvalue weighted by molar-refractivity contribution is 6.04. The smallest absolute Gasteiger partial charge is 0.310 e. The molecule has 1 N–H and O–H groups in total. The molecule has 7 heteroatoms. The first kappa shape index (κ1) is 19.9. The van der Waals surface area contributed by atoms with Crippen LogP contribution in [0.1, 0.15) is 52.7 Å². The van der Waals surface area contributed by atoms with E-state index in [4.69, 9.17) is 4.42 Å². The number of allylic oxidation sites excluding steroid dienone is 4. The Bertz CT molecular complexity index is 1260. The first-order chi connectivity index (χ1) is 15.6. The number of nitrogens with zero attached hydrogens (tertiary/aromatic N) is 3. The average Bonchev–Trinajstić information content (AvgIpc) is 3.48. The topological polar surface area (TPSA) is 78.9 Å². The predicted molar refractivity (Wildman–Crippen MR) is 118 cm³/mol. The quantitative estimate of drug-likeness (QED) is 0.602. The van der Waals surface area contributed by atoms with Gasteiger partial charge in [-0.05, 0) is 30.7 Å². The molecule has 6 nitrogen and oxygen atoms in total.